The highest BCUT2D eigenvalue weighted by Crippen LogP contribution is 2.25. The molecule has 1 rings (SSSR count). The largest absolute Gasteiger partial charge is 0.306 e. The number of hydrogen-bond donors (Lipinski definition) is 1. The summed E-state index contributed by atoms with van der Waals surface area (Å²) >= 11 is 0. The first-order valence-electron chi connectivity index (χ1n) is 5.06. The zero-order valence-electron chi connectivity index (χ0n) is 9.16. The first kappa shape index (κ1) is 11.9. The third kappa shape index (κ3) is 2.68. The van der Waals surface area contributed by atoms with Crippen LogP contribution < -0.4 is 4.72 Å². The number of sulfonamides is 1. The molecule has 0 radical (unpaired) electrons. The quantitative estimate of drug-likeness (QED) is 0.749. The Balaban J connectivity index is 2.65. The van der Waals surface area contributed by atoms with Gasteiger partial charge >= 0.3 is 0 Å². The fourth-order valence-electron chi connectivity index (χ4n) is 2.04. The molecule has 5 heteroatoms. The van der Waals surface area contributed by atoms with E-state index in [4.69, 9.17) is 0 Å². The van der Waals surface area contributed by atoms with Crippen LogP contribution in [-0.4, -0.2) is 45.8 Å². The van der Waals surface area contributed by atoms with E-state index in [0.29, 0.717) is 6.04 Å². The van der Waals surface area contributed by atoms with Crippen LogP contribution in [0.4, 0.5) is 0 Å². The van der Waals surface area contributed by atoms with Gasteiger partial charge in [0.05, 0.1) is 5.25 Å². The second-order valence-corrected chi connectivity index (χ2v) is 6.32. The summed E-state index contributed by atoms with van der Waals surface area (Å²) in [6.07, 6.45) is 3.68. The monoisotopic (exact) mass is 220 g/mol. The van der Waals surface area contributed by atoms with E-state index in [9.17, 15) is 8.42 Å². The van der Waals surface area contributed by atoms with E-state index in [1.807, 2.05) is 14.1 Å². The zero-order chi connectivity index (χ0) is 10.8. The molecule has 4 nitrogen and oxygen atoms in total. The minimum atomic E-state index is -3.06. The van der Waals surface area contributed by atoms with Gasteiger partial charge in [0.15, 0.2) is 0 Å². The van der Waals surface area contributed by atoms with Crippen molar-refractivity contribution in [2.75, 3.05) is 21.1 Å². The topological polar surface area (TPSA) is 49.4 Å². The lowest BCUT2D eigenvalue weighted by Crippen LogP contribution is -2.41. The normalized spacial score (nSPS) is 29.4. The summed E-state index contributed by atoms with van der Waals surface area (Å²) in [5.74, 6) is 0. The van der Waals surface area contributed by atoms with Crippen LogP contribution in [0, 0.1) is 0 Å². The molecule has 84 valence electrons. The Morgan fingerprint density at radius 2 is 1.93 bits per heavy atom. The molecule has 0 heterocycles. The van der Waals surface area contributed by atoms with Crippen molar-refractivity contribution in [2.24, 2.45) is 0 Å². The lowest BCUT2D eigenvalue weighted by molar-refractivity contribution is 0.230. The van der Waals surface area contributed by atoms with Crippen molar-refractivity contribution in [3.05, 3.63) is 0 Å². The Kier molecular flexibility index (Phi) is 3.92. The van der Waals surface area contributed by atoms with E-state index in [1.54, 1.807) is 0 Å². The molecule has 1 N–H and O–H groups in total. The van der Waals surface area contributed by atoms with Gasteiger partial charge in [0, 0.05) is 6.04 Å². The molecule has 1 aliphatic rings. The fraction of sp³-hybridized carbons (Fsp3) is 1.00. The molecule has 1 aliphatic carbocycles. The van der Waals surface area contributed by atoms with Crippen molar-refractivity contribution < 1.29 is 8.42 Å². The van der Waals surface area contributed by atoms with Crippen molar-refractivity contribution in [3.8, 4) is 0 Å². The maximum absolute atomic E-state index is 11.6. The van der Waals surface area contributed by atoms with Crippen molar-refractivity contribution in [1.29, 1.82) is 0 Å². The Morgan fingerprint density at radius 3 is 2.43 bits per heavy atom. The molecule has 0 saturated heterocycles. The predicted molar refractivity (Wildman–Crippen MR) is 57.7 cm³/mol. The summed E-state index contributed by atoms with van der Waals surface area (Å²) in [5, 5.41) is -0.200. The Bertz CT molecular complexity index is 275. The number of nitrogens with one attached hydrogen (secondary N) is 1. The van der Waals surface area contributed by atoms with Gasteiger partial charge in [-0.05, 0) is 40.4 Å². The second-order valence-electron chi connectivity index (χ2n) is 4.16. The maximum Gasteiger partial charge on any atom is 0.214 e. The van der Waals surface area contributed by atoms with Gasteiger partial charge in [0.25, 0.3) is 0 Å². The SMILES string of the molecule is CNS(=O)(=O)C1CCCC(N(C)C)C1. The van der Waals surface area contributed by atoms with Gasteiger partial charge in [-0.15, -0.1) is 0 Å². The van der Waals surface area contributed by atoms with Crippen molar-refractivity contribution >= 4 is 10.0 Å². The van der Waals surface area contributed by atoms with Crippen molar-refractivity contribution in [1.82, 2.24) is 9.62 Å². The van der Waals surface area contributed by atoms with Crippen LogP contribution in [0.2, 0.25) is 0 Å². The predicted octanol–water partition coefficient (Wildman–Crippen LogP) is 0.408. The van der Waals surface area contributed by atoms with Crippen LogP contribution in [0.3, 0.4) is 0 Å². The number of hydrogen-bond acceptors (Lipinski definition) is 3. The zero-order valence-corrected chi connectivity index (χ0v) is 9.97. The molecular formula is C9H20N2O2S. The number of nitrogens with zero attached hydrogens (tertiary/aromatic N) is 1. The molecule has 0 aromatic heterocycles. The molecule has 14 heavy (non-hydrogen) atoms. The van der Waals surface area contributed by atoms with Crippen LogP contribution >= 0.6 is 0 Å². The Hall–Kier alpha value is -0.130. The average Bonchev–Trinajstić information content (AvgIpc) is 2.18. The Morgan fingerprint density at radius 1 is 1.29 bits per heavy atom. The van der Waals surface area contributed by atoms with Crippen LogP contribution in [0.15, 0.2) is 0 Å². The highest BCUT2D eigenvalue weighted by Gasteiger charge is 2.31. The minimum Gasteiger partial charge on any atom is -0.306 e. The summed E-state index contributed by atoms with van der Waals surface area (Å²) in [7, 11) is 2.46. The lowest BCUT2D eigenvalue weighted by Gasteiger charge is -2.32. The fourth-order valence-corrected chi connectivity index (χ4v) is 3.32. The van der Waals surface area contributed by atoms with Crippen LogP contribution in [0.1, 0.15) is 25.7 Å². The second kappa shape index (κ2) is 4.59. The summed E-state index contributed by atoms with van der Waals surface area (Å²) in [4.78, 5) is 2.12. The van der Waals surface area contributed by atoms with Gasteiger partial charge in [-0.25, -0.2) is 13.1 Å². The van der Waals surface area contributed by atoms with Gasteiger partial charge < -0.3 is 4.90 Å². The molecule has 0 aromatic carbocycles. The first-order valence-corrected chi connectivity index (χ1v) is 6.61. The van der Waals surface area contributed by atoms with E-state index < -0.39 is 10.0 Å². The molecule has 0 bridgehead atoms. The summed E-state index contributed by atoms with van der Waals surface area (Å²) in [6.45, 7) is 0. The molecule has 0 aromatic rings. The third-order valence-corrected chi connectivity index (χ3v) is 4.93. The van der Waals surface area contributed by atoms with Gasteiger partial charge in [-0.3, -0.25) is 0 Å². The standard InChI is InChI=1S/C9H20N2O2S/c1-10-14(12,13)9-6-4-5-8(7-9)11(2)3/h8-10H,4-7H2,1-3H3. The lowest BCUT2D eigenvalue weighted by atomic mass is 9.94. The van der Waals surface area contributed by atoms with Crippen molar-refractivity contribution in [3.63, 3.8) is 0 Å². The molecule has 0 amide bonds. The van der Waals surface area contributed by atoms with E-state index >= 15 is 0 Å². The van der Waals surface area contributed by atoms with Crippen LogP contribution in [-0.2, 0) is 10.0 Å². The Labute approximate surface area is 86.7 Å². The molecule has 0 spiro atoms. The van der Waals surface area contributed by atoms with E-state index in [1.165, 1.54) is 7.05 Å². The summed E-state index contributed by atoms with van der Waals surface area (Å²) in [6, 6.07) is 0.414. The molecule has 2 unspecified atom stereocenters. The molecule has 1 saturated carbocycles. The van der Waals surface area contributed by atoms with Gasteiger partial charge in [-0.2, -0.15) is 0 Å². The van der Waals surface area contributed by atoms with Gasteiger partial charge in [-0.1, -0.05) is 6.42 Å². The van der Waals surface area contributed by atoms with Crippen LogP contribution in [0.5, 0.6) is 0 Å². The molecule has 2 atom stereocenters. The highest BCUT2D eigenvalue weighted by atomic mass is 32.2. The third-order valence-electron chi connectivity index (χ3n) is 3.05. The van der Waals surface area contributed by atoms with E-state index in [0.717, 1.165) is 25.7 Å². The summed E-state index contributed by atoms with van der Waals surface area (Å²) in [5.41, 5.74) is 0. The molecular weight excluding hydrogens is 200 g/mol. The molecule has 0 aliphatic heterocycles. The smallest absolute Gasteiger partial charge is 0.214 e. The summed E-state index contributed by atoms with van der Waals surface area (Å²) < 4.78 is 25.6. The molecule has 1 fully saturated rings. The van der Waals surface area contributed by atoms with E-state index in [2.05, 4.69) is 9.62 Å². The van der Waals surface area contributed by atoms with Crippen molar-refractivity contribution in [2.45, 2.75) is 37.0 Å². The number of rotatable bonds is 3. The average molecular weight is 220 g/mol. The van der Waals surface area contributed by atoms with Crippen LogP contribution in [0.25, 0.3) is 0 Å². The maximum atomic E-state index is 11.6. The highest BCUT2D eigenvalue weighted by molar-refractivity contribution is 7.90. The van der Waals surface area contributed by atoms with Gasteiger partial charge in [0.2, 0.25) is 10.0 Å². The van der Waals surface area contributed by atoms with E-state index in [-0.39, 0.29) is 5.25 Å². The first-order chi connectivity index (χ1) is 6.47. The minimum absolute atomic E-state index is 0.200. The van der Waals surface area contributed by atoms with Gasteiger partial charge in [0.1, 0.15) is 0 Å².